The molecule has 0 saturated heterocycles. The summed E-state index contributed by atoms with van der Waals surface area (Å²) >= 11 is 1.63. The molecule has 0 spiro atoms. The molecule has 0 aromatic carbocycles. The van der Waals surface area contributed by atoms with E-state index in [0.29, 0.717) is 5.41 Å². The van der Waals surface area contributed by atoms with Gasteiger partial charge >= 0.3 is 0 Å². The van der Waals surface area contributed by atoms with Gasteiger partial charge < -0.3 is 4.42 Å². The monoisotopic (exact) mass is 251 g/mol. The van der Waals surface area contributed by atoms with Gasteiger partial charge in [-0.25, -0.2) is 4.99 Å². The van der Waals surface area contributed by atoms with E-state index < -0.39 is 0 Å². The van der Waals surface area contributed by atoms with Gasteiger partial charge in [0.1, 0.15) is 5.76 Å². The van der Waals surface area contributed by atoms with Gasteiger partial charge in [0.25, 0.3) is 4.87 Å². The maximum atomic E-state index is 5.66. The van der Waals surface area contributed by atoms with Crippen molar-refractivity contribution in [1.82, 2.24) is 0 Å². The van der Waals surface area contributed by atoms with Crippen LogP contribution in [0, 0.1) is 24.2 Å². The highest BCUT2D eigenvalue weighted by Crippen LogP contribution is 2.62. The normalized spacial score (nSPS) is 40.1. The van der Waals surface area contributed by atoms with Gasteiger partial charge in [-0.3, -0.25) is 0 Å². The van der Waals surface area contributed by atoms with Crippen molar-refractivity contribution >= 4 is 11.3 Å². The Morgan fingerprint density at radius 2 is 2.00 bits per heavy atom. The Morgan fingerprint density at radius 3 is 2.53 bits per heavy atom. The maximum absolute atomic E-state index is 5.66. The van der Waals surface area contributed by atoms with Crippen molar-refractivity contribution < 1.29 is 4.42 Å². The molecule has 2 aliphatic rings. The highest BCUT2D eigenvalue weighted by molar-refractivity contribution is 7.06. The summed E-state index contributed by atoms with van der Waals surface area (Å²) in [7, 11) is 0. The molecule has 2 aliphatic carbocycles. The van der Waals surface area contributed by atoms with Crippen LogP contribution in [-0.4, -0.2) is 5.54 Å². The van der Waals surface area contributed by atoms with Crippen LogP contribution in [0.1, 0.15) is 45.8 Å². The molecule has 0 unspecified atom stereocenters. The molecule has 2 nitrogen and oxygen atoms in total. The van der Waals surface area contributed by atoms with Gasteiger partial charge in [-0.15, -0.1) is 0 Å². The molecule has 0 amide bonds. The summed E-state index contributed by atoms with van der Waals surface area (Å²) in [4.78, 5) is 5.85. The molecule has 2 saturated carbocycles. The van der Waals surface area contributed by atoms with Gasteiger partial charge in [0, 0.05) is 5.38 Å². The molecular weight excluding hydrogens is 230 g/mol. The summed E-state index contributed by atoms with van der Waals surface area (Å²) in [5, 5.41) is 2.04. The van der Waals surface area contributed by atoms with Crippen LogP contribution >= 0.6 is 11.3 Å². The largest absolute Gasteiger partial charge is 0.435 e. The standard InChI is InChI=1S/C14H21NOS/c1-9-8-17-12(16-9)15-14(4)11-6-5-10(7-11)13(14,2)3/h8,10-11H,5-7H2,1-4H3/t10-,11+,14-/m1/s1. The second-order valence-corrected chi connectivity index (χ2v) is 7.22. The van der Waals surface area contributed by atoms with Crippen molar-refractivity contribution in [3.8, 4) is 0 Å². The average molecular weight is 251 g/mol. The van der Waals surface area contributed by atoms with Crippen molar-refractivity contribution in [2.24, 2.45) is 22.2 Å². The van der Waals surface area contributed by atoms with Crippen molar-refractivity contribution in [1.29, 1.82) is 0 Å². The zero-order valence-electron chi connectivity index (χ0n) is 11.1. The number of rotatable bonds is 1. The summed E-state index contributed by atoms with van der Waals surface area (Å²) in [5.41, 5.74) is 0.375. The molecule has 2 fully saturated rings. The smallest absolute Gasteiger partial charge is 0.274 e. The van der Waals surface area contributed by atoms with Gasteiger partial charge in [0.05, 0.1) is 5.54 Å². The van der Waals surface area contributed by atoms with Crippen LogP contribution in [0.25, 0.3) is 0 Å². The molecule has 3 rings (SSSR count). The van der Waals surface area contributed by atoms with Crippen LogP contribution in [0.15, 0.2) is 14.8 Å². The first-order valence-corrected chi connectivity index (χ1v) is 7.42. The minimum Gasteiger partial charge on any atom is -0.435 e. The van der Waals surface area contributed by atoms with Crippen LogP contribution in [0.5, 0.6) is 0 Å². The molecule has 0 N–H and O–H groups in total. The summed E-state index contributed by atoms with van der Waals surface area (Å²) in [5.74, 6) is 2.57. The van der Waals surface area contributed by atoms with E-state index in [9.17, 15) is 0 Å². The van der Waals surface area contributed by atoms with E-state index >= 15 is 0 Å². The first-order chi connectivity index (χ1) is 7.93. The van der Waals surface area contributed by atoms with Crippen molar-refractivity contribution in [3.05, 3.63) is 16.0 Å². The van der Waals surface area contributed by atoms with Gasteiger partial charge in [0.2, 0.25) is 0 Å². The summed E-state index contributed by atoms with van der Waals surface area (Å²) in [6.07, 6.45) is 4.10. The van der Waals surface area contributed by atoms with E-state index in [1.165, 1.54) is 19.3 Å². The molecule has 3 atom stereocenters. The minimum atomic E-state index is 0.0662. The number of fused-ring (bicyclic) bond motifs is 2. The lowest BCUT2D eigenvalue weighted by atomic mass is 9.64. The minimum absolute atomic E-state index is 0.0662. The predicted octanol–water partition coefficient (Wildman–Crippen LogP) is 3.77. The van der Waals surface area contributed by atoms with E-state index in [2.05, 4.69) is 20.8 Å². The fourth-order valence-electron chi connectivity index (χ4n) is 3.88. The van der Waals surface area contributed by atoms with Crippen LogP contribution in [0.4, 0.5) is 0 Å². The number of hydrogen-bond donors (Lipinski definition) is 0. The van der Waals surface area contributed by atoms with E-state index in [4.69, 9.17) is 9.41 Å². The van der Waals surface area contributed by atoms with Crippen molar-refractivity contribution in [2.75, 3.05) is 0 Å². The molecule has 2 bridgehead atoms. The van der Waals surface area contributed by atoms with Crippen LogP contribution < -0.4 is 4.87 Å². The molecule has 3 heteroatoms. The molecule has 1 aromatic rings. The Bertz CT molecular complexity index is 498. The third-order valence-corrected chi connectivity index (χ3v) is 6.28. The quantitative estimate of drug-likeness (QED) is 0.746. The fourth-order valence-corrected chi connectivity index (χ4v) is 4.62. The van der Waals surface area contributed by atoms with E-state index in [-0.39, 0.29) is 5.54 Å². The first kappa shape index (κ1) is 11.5. The maximum Gasteiger partial charge on any atom is 0.274 e. The lowest BCUT2D eigenvalue weighted by molar-refractivity contribution is 0.0979. The molecule has 17 heavy (non-hydrogen) atoms. The van der Waals surface area contributed by atoms with E-state index in [1.54, 1.807) is 11.3 Å². The molecular formula is C14H21NOS. The van der Waals surface area contributed by atoms with Crippen LogP contribution in [-0.2, 0) is 0 Å². The van der Waals surface area contributed by atoms with Gasteiger partial charge in [-0.05, 0) is 50.4 Å². The second kappa shape index (κ2) is 3.47. The molecule has 1 aromatic heterocycles. The first-order valence-electron chi connectivity index (χ1n) is 6.54. The number of hydrogen-bond acceptors (Lipinski definition) is 3. The summed E-state index contributed by atoms with van der Waals surface area (Å²) < 4.78 is 5.66. The lowest BCUT2D eigenvalue weighted by Gasteiger charge is -2.44. The van der Waals surface area contributed by atoms with Crippen molar-refractivity contribution in [2.45, 2.75) is 52.5 Å². The molecule has 1 heterocycles. The molecule has 0 radical (unpaired) electrons. The Labute approximate surface area is 107 Å². The average Bonchev–Trinajstić information content (AvgIpc) is 2.88. The SMILES string of the molecule is Cc1csc(=N[C@]2(C)[C@H]3CC[C@H](C3)C2(C)C)o1. The summed E-state index contributed by atoms with van der Waals surface area (Å²) in [6, 6.07) is 0. The second-order valence-electron chi connectivity index (χ2n) is 6.40. The Hall–Kier alpha value is -0.570. The predicted molar refractivity (Wildman–Crippen MR) is 69.9 cm³/mol. The highest BCUT2D eigenvalue weighted by Gasteiger charge is 2.60. The molecule has 94 valence electrons. The topological polar surface area (TPSA) is 25.5 Å². The van der Waals surface area contributed by atoms with E-state index in [0.717, 1.165) is 22.5 Å². The third kappa shape index (κ3) is 1.48. The number of nitrogens with zero attached hydrogens (tertiary/aromatic N) is 1. The summed E-state index contributed by atoms with van der Waals surface area (Å²) in [6.45, 7) is 9.10. The number of aryl methyl sites for hydroxylation is 1. The van der Waals surface area contributed by atoms with Crippen LogP contribution in [0.3, 0.4) is 0 Å². The Kier molecular flexibility index (Phi) is 2.35. The fraction of sp³-hybridized carbons (Fsp3) is 0.786. The van der Waals surface area contributed by atoms with Gasteiger partial charge in [-0.1, -0.05) is 25.2 Å². The highest BCUT2D eigenvalue weighted by atomic mass is 32.1. The van der Waals surface area contributed by atoms with Gasteiger partial charge in [0.15, 0.2) is 0 Å². The van der Waals surface area contributed by atoms with E-state index in [1.807, 2.05) is 12.3 Å². The molecule has 0 aliphatic heterocycles. The van der Waals surface area contributed by atoms with Gasteiger partial charge in [-0.2, -0.15) is 0 Å². The Morgan fingerprint density at radius 1 is 1.29 bits per heavy atom. The third-order valence-electron chi connectivity index (χ3n) is 5.45. The van der Waals surface area contributed by atoms with Crippen molar-refractivity contribution in [3.63, 3.8) is 0 Å². The zero-order chi connectivity index (χ0) is 12.3. The zero-order valence-corrected chi connectivity index (χ0v) is 11.9. The van der Waals surface area contributed by atoms with Crippen LogP contribution in [0.2, 0.25) is 0 Å². The lowest BCUT2D eigenvalue weighted by Crippen LogP contribution is -2.46. The Balaban J connectivity index is 2.07.